The summed E-state index contributed by atoms with van der Waals surface area (Å²) in [6.45, 7) is -0.748. The highest BCUT2D eigenvalue weighted by molar-refractivity contribution is 5.65. The van der Waals surface area contributed by atoms with Crippen LogP contribution in [-0.2, 0) is 9.53 Å². The van der Waals surface area contributed by atoms with Gasteiger partial charge in [-0.2, -0.15) is 0 Å². The Morgan fingerprint density at radius 3 is 2.52 bits per heavy atom. The molecule has 2 bridgehead atoms. The zero-order chi connectivity index (χ0) is 15.8. The van der Waals surface area contributed by atoms with Crippen LogP contribution in [0.2, 0.25) is 0 Å². The fraction of sp³-hybridized carbons (Fsp3) is 0.727. The number of carboxylic acids is 1. The average molecular weight is 301 g/mol. The zero-order valence-corrected chi connectivity index (χ0v) is 11.4. The summed E-state index contributed by atoms with van der Waals surface area (Å²) in [6, 6.07) is 0. The van der Waals surface area contributed by atoms with Crippen LogP contribution in [0, 0.1) is 20.2 Å². The maximum absolute atomic E-state index is 11.5. The van der Waals surface area contributed by atoms with Crippen molar-refractivity contribution < 1.29 is 29.4 Å². The molecule has 1 unspecified atom stereocenters. The summed E-state index contributed by atoms with van der Waals surface area (Å²) in [5, 5.41) is 33.7. The Morgan fingerprint density at radius 1 is 1.38 bits per heavy atom. The lowest BCUT2D eigenvalue weighted by atomic mass is 9.71. The number of quaternary nitrogens is 1. The number of nitrogens with one attached hydrogen (secondary N) is 1. The molecule has 116 valence electrons. The molecule has 21 heavy (non-hydrogen) atoms. The molecule has 1 aliphatic carbocycles. The molecule has 1 N–H and O–H groups in total. The number of aliphatic carboxylic acids is 1. The van der Waals surface area contributed by atoms with E-state index in [9.17, 15) is 30.1 Å². The summed E-state index contributed by atoms with van der Waals surface area (Å²) >= 11 is 0. The summed E-state index contributed by atoms with van der Waals surface area (Å²) in [5.41, 5.74) is -3.27. The molecule has 2 rings (SSSR count). The minimum absolute atomic E-state index is 0.0807. The van der Waals surface area contributed by atoms with Gasteiger partial charge >= 0.3 is 0 Å². The van der Waals surface area contributed by atoms with Crippen LogP contribution in [-0.4, -0.2) is 53.6 Å². The van der Waals surface area contributed by atoms with E-state index in [1.54, 1.807) is 0 Å². The number of rotatable bonds is 5. The molecule has 1 aliphatic heterocycles. The average Bonchev–Trinajstić information content (AvgIpc) is 2.36. The fourth-order valence-electron chi connectivity index (χ4n) is 3.39. The van der Waals surface area contributed by atoms with Crippen molar-refractivity contribution in [2.45, 2.75) is 23.9 Å². The quantitative estimate of drug-likeness (QED) is 0.421. The number of nitro groups is 2. The van der Waals surface area contributed by atoms with Crippen LogP contribution in [0.15, 0.2) is 11.8 Å². The molecule has 10 nitrogen and oxygen atoms in total. The van der Waals surface area contributed by atoms with Gasteiger partial charge in [0.05, 0.1) is 19.5 Å². The van der Waals surface area contributed by atoms with Crippen LogP contribution in [0.4, 0.5) is 0 Å². The second kappa shape index (κ2) is 4.95. The van der Waals surface area contributed by atoms with Crippen LogP contribution in [0.25, 0.3) is 0 Å². The highest BCUT2D eigenvalue weighted by Gasteiger charge is 2.67. The Kier molecular flexibility index (Phi) is 3.58. The lowest BCUT2D eigenvalue weighted by Gasteiger charge is -2.42. The second-order valence-corrected chi connectivity index (χ2v) is 5.66. The van der Waals surface area contributed by atoms with Crippen molar-refractivity contribution in [2.75, 3.05) is 26.7 Å². The lowest BCUT2D eigenvalue weighted by Crippen LogP contribution is -3.19. The third-order valence-corrected chi connectivity index (χ3v) is 4.11. The molecule has 0 aromatic rings. The van der Waals surface area contributed by atoms with Gasteiger partial charge in [0.25, 0.3) is 11.1 Å². The van der Waals surface area contributed by atoms with Crippen molar-refractivity contribution >= 4 is 5.97 Å². The molecule has 0 saturated carbocycles. The van der Waals surface area contributed by atoms with E-state index in [0.717, 1.165) is 0 Å². The van der Waals surface area contributed by atoms with Gasteiger partial charge in [0.15, 0.2) is 6.54 Å². The van der Waals surface area contributed by atoms with E-state index in [2.05, 4.69) is 0 Å². The van der Waals surface area contributed by atoms with E-state index in [4.69, 9.17) is 4.74 Å². The maximum atomic E-state index is 11.5. The summed E-state index contributed by atoms with van der Waals surface area (Å²) in [5.74, 6) is -1.19. The van der Waals surface area contributed by atoms with Gasteiger partial charge in [-0.1, -0.05) is 0 Å². The van der Waals surface area contributed by atoms with Gasteiger partial charge in [-0.15, -0.1) is 0 Å². The predicted molar refractivity (Wildman–Crippen MR) is 64.3 cm³/mol. The molecular weight excluding hydrogens is 286 g/mol. The molecule has 0 radical (unpaired) electrons. The summed E-state index contributed by atoms with van der Waals surface area (Å²) in [6.07, 6.45) is 0.940. The van der Waals surface area contributed by atoms with Gasteiger partial charge in [0.1, 0.15) is 25.3 Å². The zero-order valence-electron chi connectivity index (χ0n) is 11.4. The molecule has 0 spiro atoms. The number of hydrogen-bond donors (Lipinski definition) is 1. The summed E-state index contributed by atoms with van der Waals surface area (Å²) in [7, 11) is 1.31. The maximum Gasteiger partial charge on any atom is 0.298 e. The first kappa shape index (κ1) is 15.2. The van der Waals surface area contributed by atoms with Crippen LogP contribution < -0.4 is 10.0 Å². The van der Waals surface area contributed by atoms with E-state index in [0.29, 0.717) is 0 Å². The lowest BCUT2D eigenvalue weighted by molar-refractivity contribution is -0.938. The fourth-order valence-corrected chi connectivity index (χ4v) is 3.39. The Bertz CT molecular complexity index is 534. The van der Waals surface area contributed by atoms with Crippen molar-refractivity contribution in [3.8, 4) is 0 Å². The summed E-state index contributed by atoms with van der Waals surface area (Å²) < 4.78 is 5.01. The summed E-state index contributed by atoms with van der Waals surface area (Å²) in [4.78, 5) is 32.8. The number of methoxy groups -OCH3 is 1. The number of ether oxygens (including phenoxy) is 1. The molecule has 1 heterocycles. The molecule has 0 aromatic heterocycles. The minimum atomic E-state index is -1.68. The number of carbonyl (C=O) groups is 1. The predicted octanol–water partition coefficient (Wildman–Crippen LogP) is -3.01. The number of hydrogen-bond acceptors (Lipinski definition) is 7. The molecule has 10 heteroatoms. The number of carboxylic acid groups (broad SMARTS) is 1. The van der Waals surface area contributed by atoms with Crippen LogP contribution >= 0.6 is 0 Å². The van der Waals surface area contributed by atoms with E-state index in [-0.39, 0.29) is 36.6 Å². The highest BCUT2D eigenvalue weighted by atomic mass is 16.6. The van der Waals surface area contributed by atoms with Crippen LogP contribution in [0.5, 0.6) is 0 Å². The Morgan fingerprint density at radius 2 is 2.05 bits per heavy atom. The van der Waals surface area contributed by atoms with Crippen molar-refractivity contribution in [3.63, 3.8) is 0 Å². The number of nitrogens with zero attached hydrogens (tertiary/aromatic N) is 2. The highest BCUT2D eigenvalue weighted by Crippen LogP contribution is 2.39. The number of piperidine rings is 1. The van der Waals surface area contributed by atoms with Crippen LogP contribution in [0.1, 0.15) is 12.8 Å². The number of carbonyl (C=O) groups excluding carboxylic acids is 1. The monoisotopic (exact) mass is 301 g/mol. The molecule has 0 amide bonds. The van der Waals surface area contributed by atoms with Crippen molar-refractivity contribution in [1.82, 2.24) is 0 Å². The van der Waals surface area contributed by atoms with Crippen molar-refractivity contribution in [1.29, 1.82) is 0 Å². The van der Waals surface area contributed by atoms with E-state index >= 15 is 0 Å². The van der Waals surface area contributed by atoms with Crippen molar-refractivity contribution in [2.24, 2.45) is 0 Å². The number of fused-ring (bicyclic) bond motifs is 2. The largest absolute Gasteiger partial charge is 0.544 e. The van der Waals surface area contributed by atoms with Gasteiger partial charge in [-0.05, 0) is 0 Å². The first-order valence-corrected chi connectivity index (χ1v) is 6.31. The van der Waals surface area contributed by atoms with Gasteiger partial charge in [0, 0.05) is 15.9 Å². The smallest absolute Gasteiger partial charge is 0.298 e. The third kappa shape index (κ3) is 2.53. The normalized spacial score (nSPS) is 34.7. The molecule has 1 fully saturated rings. The van der Waals surface area contributed by atoms with Crippen LogP contribution in [0.3, 0.4) is 0 Å². The first-order valence-electron chi connectivity index (χ1n) is 6.31. The number of likely N-dealkylation sites (tertiary alicyclic amines) is 1. The Balaban J connectivity index is 2.48. The topological polar surface area (TPSA) is 140 Å². The van der Waals surface area contributed by atoms with E-state index < -0.39 is 33.4 Å². The van der Waals surface area contributed by atoms with Crippen molar-refractivity contribution in [3.05, 3.63) is 32.1 Å². The molecule has 2 aliphatic rings. The molecule has 3 atom stereocenters. The van der Waals surface area contributed by atoms with Gasteiger partial charge in [0.2, 0.25) is 0 Å². The SMILES string of the molecule is COC1=C[C@@]2([N+](=O)[O-])C[NH+](CC(=O)[O-])C[C@@]([N+](=O)[O-])(C1)C2. The Labute approximate surface area is 119 Å². The first-order chi connectivity index (χ1) is 9.73. The van der Waals surface area contributed by atoms with Gasteiger partial charge < -0.3 is 19.5 Å². The third-order valence-electron chi connectivity index (χ3n) is 4.11. The Hall–Kier alpha value is -2.23. The molecule has 1 saturated heterocycles. The molecule has 0 aromatic carbocycles. The van der Waals surface area contributed by atoms with Gasteiger partial charge in [-0.25, -0.2) is 0 Å². The minimum Gasteiger partial charge on any atom is -0.544 e. The van der Waals surface area contributed by atoms with E-state index in [1.165, 1.54) is 13.2 Å². The van der Waals surface area contributed by atoms with Gasteiger partial charge in [-0.3, -0.25) is 20.2 Å². The second-order valence-electron chi connectivity index (χ2n) is 5.66. The molecular formula is C11H15N3O7. The van der Waals surface area contributed by atoms with E-state index in [1.807, 2.05) is 0 Å². The standard InChI is InChI=1S/C11H15N3O7/c1-21-8-2-10(13(17)18)5-11(3-8,14(19)20)7-12(6-10)4-9(15)16/h2H,3-7H2,1H3,(H,15,16)/t10-,11+/m0/s1.